The van der Waals surface area contributed by atoms with E-state index in [9.17, 15) is 9.59 Å². The van der Waals surface area contributed by atoms with E-state index in [4.69, 9.17) is 5.11 Å². The van der Waals surface area contributed by atoms with Crippen molar-refractivity contribution in [1.82, 2.24) is 15.2 Å². The molecule has 1 aliphatic rings. The molecule has 0 spiro atoms. The first-order chi connectivity index (χ1) is 11.3. The largest absolute Gasteiger partial charge is 0.476 e. The van der Waals surface area contributed by atoms with Crippen molar-refractivity contribution in [3.8, 4) is 0 Å². The zero-order chi connectivity index (χ0) is 17.7. The number of nitrogens with one attached hydrogen (secondary N) is 1. The normalized spacial score (nSPS) is 18.4. The van der Waals surface area contributed by atoms with Crippen LogP contribution < -0.4 is 5.32 Å². The second-order valence-electron chi connectivity index (χ2n) is 6.55. The molecule has 0 aromatic carbocycles. The third-order valence-corrected chi connectivity index (χ3v) is 6.41. The van der Waals surface area contributed by atoms with Gasteiger partial charge in [-0.25, -0.2) is 9.78 Å². The van der Waals surface area contributed by atoms with Gasteiger partial charge >= 0.3 is 5.97 Å². The molecule has 0 radical (unpaired) electrons. The molecular formula is C16H25N3O3S2. The Balaban J connectivity index is 1.82. The summed E-state index contributed by atoms with van der Waals surface area (Å²) < 4.78 is 0.737. The highest BCUT2D eigenvalue weighted by Crippen LogP contribution is 2.25. The van der Waals surface area contributed by atoms with Crippen molar-refractivity contribution in [2.45, 2.75) is 56.0 Å². The van der Waals surface area contributed by atoms with Crippen LogP contribution in [0.2, 0.25) is 0 Å². The van der Waals surface area contributed by atoms with E-state index in [0.717, 1.165) is 29.5 Å². The quantitative estimate of drug-likeness (QED) is 0.650. The number of carbonyl (C=O) groups excluding carboxylic acids is 1. The number of likely N-dealkylation sites (tertiary alicyclic amines) is 1. The molecule has 1 aromatic heterocycles. The lowest BCUT2D eigenvalue weighted by Crippen LogP contribution is -2.47. The Morgan fingerprint density at radius 3 is 2.96 bits per heavy atom. The molecule has 1 saturated heterocycles. The van der Waals surface area contributed by atoms with Crippen LogP contribution in [0.15, 0.2) is 9.72 Å². The fourth-order valence-electron chi connectivity index (χ4n) is 2.48. The number of amides is 1. The van der Waals surface area contributed by atoms with Crippen LogP contribution in [-0.2, 0) is 4.79 Å². The molecule has 1 fully saturated rings. The minimum Gasteiger partial charge on any atom is -0.476 e. The Bertz CT molecular complexity index is 589. The molecule has 1 amide bonds. The zero-order valence-electron chi connectivity index (χ0n) is 14.4. The second-order valence-corrected chi connectivity index (χ2v) is 8.75. The van der Waals surface area contributed by atoms with E-state index in [2.05, 4.69) is 31.1 Å². The summed E-state index contributed by atoms with van der Waals surface area (Å²) in [5, 5.41) is 14.0. The summed E-state index contributed by atoms with van der Waals surface area (Å²) in [7, 11) is 0. The lowest BCUT2D eigenvalue weighted by molar-refractivity contribution is -0.128. The summed E-state index contributed by atoms with van der Waals surface area (Å²) in [6.45, 7) is 7.99. The highest BCUT2D eigenvalue weighted by atomic mass is 32.2. The van der Waals surface area contributed by atoms with Gasteiger partial charge < -0.3 is 15.3 Å². The van der Waals surface area contributed by atoms with Crippen molar-refractivity contribution in [2.24, 2.45) is 0 Å². The van der Waals surface area contributed by atoms with Gasteiger partial charge in [0.2, 0.25) is 5.91 Å². The van der Waals surface area contributed by atoms with Crippen LogP contribution in [0.25, 0.3) is 0 Å². The maximum absolute atomic E-state index is 12.1. The first-order valence-corrected chi connectivity index (χ1v) is 10.0. The minimum atomic E-state index is -1.00. The maximum Gasteiger partial charge on any atom is 0.355 e. The standard InChI is InChI=1S/C16H25N3O3S2/c1-4-16(2,3)17-9-11-5-6-13(20)19(11)7-8-23-15-18-12(10-24-15)14(21)22/h10-11,17H,4-9H2,1-3H3,(H,21,22)/t11-/m1/s1. The van der Waals surface area contributed by atoms with Gasteiger partial charge in [-0.3, -0.25) is 4.79 Å². The minimum absolute atomic E-state index is 0.0835. The van der Waals surface area contributed by atoms with Gasteiger partial charge in [0, 0.05) is 42.2 Å². The predicted molar refractivity (Wildman–Crippen MR) is 96.9 cm³/mol. The summed E-state index contributed by atoms with van der Waals surface area (Å²) in [4.78, 5) is 29.0. The van der Waals surface area contributed by atoms with Gasteiger partial charge in [-0.1, -0.05) is 18.7 Å². The Kier molecular flexibility index (Phi) is 6.65. The number of carbonyl (C=O) groups is 2. The van der Waals surface area contributed by atoms with Gasteiger partial charge in [0.15, 0.2) is 10.0 Å². The summed E-state index contributed by atoms with van der Waals surface area (Å²) in [5.74, 6) is -0.0639. The molecule has 24 heavy (non-hydrogen) atoms. The zero-order valence-corrected chi connectivity index (χ0v) is 16.0. The van der Waals surface area contributed by atoms with Gasteiger partial charge in [0.1, 0.15) is 0 Å². The predicted octanol–water partition coefficient (Wildman–Crippen LogP) is 2.70. The van der Waals surface area contributed by atoms with Gasteiger partial charge in [-0.15, -0.1) is 11.3 Å². The third-order valence-electron chi connectivity index (χ3n) is 4.41. The summed E-state index contributed by atoms with van der Waals surface area (Å²) in [6, 6.07) is 0.245. The van der Waals surface area contributed by atoms with Crippen molar-refractivity contribution < 1.29 is 14.7 Å². The van der Waals surface area contributed by atoms with E-state index in [1.54, 1.807) is 5.38 Å². The second kappa shape index (κ2) is 8.31. The number of aromatic carboxylic acids is 1. The van der Waals surface area contributed by atoms with Gasteiger partial charge in [0.25, 0.3) is 0 Å². The summed E-state index contributed by atoms with van der Waals surface area (Å²) in [5.41, 5.74) is 0.170. The van der Waals surface area contributed by atoms with Crippen LogP contribution in [-0.4, -0.2) is 57.3 Å². The van der Waals surface area contributed by atoms with E-state index in [-0.39, 0.29) is 23.2 Å². The van der Waals surface area contributed by atoms with Gasteiger partial charge in [0.05, 0.1) is 0 Å². The number of hydrogen-bond acceptors (Lipinski definition) is 6. The highest BCUT2D eigenvalue weighted by Gasteiger charge is 2.31. The third kappa shape index (κ3) is 5.19. The number of rotatable bonds is 9. The van der Waals surface area contributed by atoms with Crippen LogP contribution >= 0.6 is 23.1 Å². The number of aromatic nitrogens is 1. The smallest absolute Gasteiger partial charge is 0.355 e. The van der Waals surface area contributed by atoms with Crippen LogP contribution in [0.5, 0.6) is 0 Å². The molecule has 2 N–H and O–H groups in total. The number of carboxylic acids is 1. The average Bonchev–Trinajstić information content (AvgIpc) is 3.14. The number of nitrogens with zero attached hydrogens (tertiary/aromatic N) is 2. The molecule has 0 bridgehead atoms. The number of thiazole rings is 1. The number of thioether (sulfide) groups is 1. The van der Waals surface area contributed by atoms with Gasteiger partial charge in [-0.2, -0.15) is 0 Å². The van der Waals surface area contributed by atoms with Crippen molar-refractivity contribution in [3.05, 3.63) is 11.1 Å². The molecule has 1 aromatic rings. The Labute approximate surface area is 151 Å². The van der Waals surface area contributed by atoms with Crippen molar-refractivity contribution in [2.75, 3.05) is 18.8 Å². The van der Waals surface area contributed by atoms with E-state index < -0.39 is 5.97 Å². The maximum atomic E-state index is 12.1. The molecule has 0 saturated carbocycles. The van der Waals surface area contributed by atoms with Crippen LogP contribution in [0.4, 0.5) is 0 Å². The number of hydrogen-bond donors (Lipinski definition) is 2. The molecule has 6 nitrogen and oxygen atoms in total. The lowest BCUT2D eigenvalue weighted by Gasteiger charge is -2.30. The van der Waals surface area contributed by atoms with E-state index in [1.807, 2.05) is 4.90 Å². The topological polar surface area (TPSA) is 82.5 Å². The summed E-state index contributed by atoms with van der Waals surface area (Å²) in [6.07, 6.45) is 2.56. The average molecular weight is 372 g/mol. The lowest BCUT2D eigenvalue weighted by atomic mass is 10.0. The SMILES string of the molecule is CCC(C)(C)NC[C@H]1CCC(=O)N1CCSc1nc(C(=O)O)cs1. The molecular weight excluding hydrogens is 346 g/mol. The Morgan fingerprint density at radius 2 is 2.33 bits per heavy atom. The van der Waals surface area contributed by atoms with Crippen molar-refractivity contribution in [3.63, 3.8) is 0 Å². The van der Waals surface area contributed by atoms with Gasteiger partial charge in [-0.05, 0) is 26.7 Å². The first kappa shape index (κ1) is 19.2. The van der Waals surface area contributed by atoms with Crippen molar-refractivity contribution in [1.29, 1.82) is 0 Å². The van der Waals surface area contributed by atoms with Crippen LogP contribution in [0, 0.1) is 0 Å². The molecule has 2 rings (SSSR count). The van der Waals surface area contributed by atoms with Crippen molar-refractivity contribution >= 4 is 35.0 Å². The molecule has 0 aliphatic carbocycles. The monoisotopic (exact) mass is 371 g/mol. The molecule has 1 aliphatic heterocycles. The fraction of sp³-hybridized carbons (Fsp3) is 0.688. The fourth-order valence-corrected chi connectivity index (χ4v) is 4.29. The molecule has 1 atom stereocenters. The summed E-state index contributed by atoms with van der Waals surface area (Å²) >= 11 is 2.84. The highest BCUT2D eigenvalue weighted by molar-refractivity contribution is 8.01. The number of carboxylic acid groups (broad SMARTS) is 1. The molecule has 0 unspecified atom stereocenters. The Hall–Kier alpha value is -1.12. The molecule has 2 heterocycles. The van der Waals surface area contributed by atoms with E-state index in [0.29, 0.717) is 13.0 Å². The van der Waals surface area contributed by atoms with E-state index in [1.165, 1.54) is 23.1 Å². The first-order valence-electron chi connectivity index (χ1n) is 8.18. The molecule has 8 heteroatoms. The Morgan fingerprint density at radius 1 is 1.58 bits per heavy atom. The van der Waals surface area contributed by atoms with E-state index >= 15 is 0 Å². The molecule has 134 valence electrons. The van der Waals surface area contributed by atoms with Crippen LogP contribution in [0.1, 0.15) is 50.5 Å². The van der Waals surface area contributed by atoms with Crippen LogP contribution in [0.3, 0.4) is 0 Å².